The molecule has 3 rings (SSSR count). The van der Waals surface area contributed by atoms with E-state index in [9.17, 15) is 19.2 Å². The van der Waals surface area contributed by atoms with Crippen molar-refractivity contribution in [2.75, 3.05) is 40.0 Å². The minimum atomic E-state index is -0.742. The van der Waals surface area contributed by atoms with Gasteiger partial charge < -0.3 is 28.7 Å². The zero-order valence-electron chi connectivity index (χ0n) is 26.5. The molecule has 0 aliphatic carbocycles. The predicted octanol–water partition coefficient (Wildman–Crippen LogP) is 6.19. The molecule has 12 heteroatoms. The summed E-state index contributed by atoms with van der Waals surface area (Å²) in [6, 6.07) is 7.38. The van der Waals surface area contributed by atoms with Gasteiger partial charge in [-0.05, 0) is 44.7 Å². The van der Waals surface area contributed by atoms with Gasteiger partial charge in [0.2, 0.25) is 0 Å². The lowest BCUT2D eigenvalue weighted by Gasteiger charge is -2.25. The van der Waals surface area contributed by atoms with Gasteiger partial charge in [0.1, 0.15) is 31.1 Å². The van der Waals surface area contributed by atoms with E-state index in [0.717, 1.165) is 11.1 Å². The molecule has 2 heterocycles. The van der Waals surface area contributed by atoms with Crippen molar-refractivity contribution in [2.45, 2.75) is 57.1 Å². The molecule has 0 bridgehead atoms. The number of ether oxygens (including phenoxy) is 4. The molecule has 244 valence electrons. The second-order valence-corrected chi connectivity index (χ2v) is 12.9. The molecule has 1 fully saturated rings. The molecule has 2 aliphatic heterocycles. The maximum Gasteiger partial charge on any atom is 0.415 e. The summed E-state index contributed by atoms with van der Waals surface area (Å²) in [4.78, 5) is 56.5. The first-order chi connectivity index (χ1) is 21.4. The summed E-state index contributed by atoms with van der Waals surface area (Å²) in [6.07, 6.45) is 3.95. The van der Waals surface area contributed by atoms with Crippen LogP contribution in [0.3, 0.4) is 0 Å². The van der Waals surface area contributed by atoms with E-state index >= 15 is 0 Å². The molecule has 0 unspecified atom stereocenters. The lowest BCUT2D eigenvalue weighted by Crippen LogP contribution is -2.37. The molecule has 11 nitrogen and oxygen atoms in total. The van der Waals surface area contributed by atoms with Gasteiger partial charge in [0.25, 0.3) is 0 Å². The Hall–Kier alpha value is -4.19. The first-order valence-electron chi connectivity index (χ1n) is 14.7. The van der Waals surface area contributed by atoms with Gasteiger partial charge in [-0.2, -0.15) is 0 Å². The second kappa shape index (κ2) is 16.2. The Morgan fingerprint density at radius 3 is 2.20 bits per heavy atom. The third-order valence-corrected chi connectivity index (χ3v) is 8.14. The fourth-order valence-electron chi connectivity index (χ4n) is 4.87. The third-order valence-electron chi connectivity index (χ3n) is 6.79. The maximum absolute atomic E-state index is 13.1. The van der Waals surface area contributed by atoms with Crippen molar-refractivity contribution in [3.63, 3.8) is 0 Å². The zero-order valence-corrected chi connectivity index (χ0v) is 27.3. The molecule has 3 amide bonds. The first-order valence-corrected chi connectivity index (χ1v) is 15.6. The number of amides is 3. The number of carbonyl (C=O) groups is 4. The van der Waals surface area contributed by atoms with Crippen molar-refractivity contribution in [3.8, 4) is 0 Å². The van der Waals surface area contributed by atoms with Crippen LogP contribution in [0.2, 0.25) is 0 Å². The highest BCUT2D eigenvalue weighted by atomic mass is 32.2. The van der Waals surface area contributed by atoms with E-state index < -0.39 is 29.9 Å². The van der Waals surface area contributed by atoms with Gasteiger partial charge in [0.05, 0.1) is 6.04 Å². The number of esters is 1. The van der Waals surface area contributed by atoms with Crippen LogP contribution in [0.15, 0.2) is 72.8 Å². The van der Waals surface area contributed by atoms with Gasteiger partial charge >= 0.3 is 24.2 Å². The van der Waals surface area contributed by atoms with Gasteiger partial charge in [-0.1, -0.05) is 62.2 Å². The van der Waals surface area contributed by atoms with Crippen LogP contribution in [0.25, 0.3) is 0 Å². The molecule has 1 aromatic carbocycles. The minimum absolute atomic E-state index is 0.00133. The summed E-state index contributed by atoms with van der Waals surface area (Å²) in [5, 5.41) is -0.104. The molecule has 0 spiro atoms. The van der Waals surface area contributed by atoms with E-state index in [1.807, 2.05) is 24.3 Å². The fraction of sp³-hybridized carbons (Fsp3) is 0.455. The number of likely N-dealkylation sites (tertiary alicyclic amines) is 1. The third kappa shape index (κ3) is 9.90. The van der Waals surface area contributed by atoms with Crippen LogP contribution in [0.5, 0.6) is 0 Å². The van der Waals surface area contributed by atoms with E-state index in [1.165, 1.54) is 39.8 Å². The summed E-state index contributed by atoms with van der Waals surface area (Å²) < 4.78 is 21.4. The molecule has 2 aliphatic rings. The lowest BCUT2D eigenvalue weighted by molar-refractivity contribution is -0.139. The lowest BCUT2D eigenvalue weighted by atomic mass is 10.0. The first kappa shape index (κ1) is 35.3. The van der Waals surface area contributed by atoms with E-state index in [0.29, 0.717) is 30.8 Å². The summed E-state index contributed by atoms with van der Waals surface area (Å²) in [6.45, 7) is 17.2. The van der Waals surface area contributed by atoms with Crippen molar-refractivity contribution in [1.82, 2.24) is 14.7 Å². The van der Waals surface area contributed by atoms with Crippen molar-refractivity contribution in [2.24, 2.45) is 0 Å². The van der Waals surface area contributed by atoms with E-state index in [1.54, 1.807) is 32.7 Å². The normalized spacial score (nSPS) is 17.9. The number of hydrogen-bond acceptors (Lipinski definition) is 9. The molecular weight excluding hydrogens is 598 g/mol. The fourth-order valence-corrected chi connectivity index (χ4v) is 6.30. The topological polar surface area (TPSA) is 115 Å². The predicted molar refractivity (Wildman–Crippen MR) is 172 cm³/mol. The van der Waals surface area contributed by atoms with Gasteiger partial charge in [-0.25, -0.2) is 19.2 Å². The van der Waals surface area contributed by atoms with E-state index in [2.05, 4.69) is 19.7 Å². The Bertz CT molecular complexity index is 1300. The SMILES string of the molecule is C=CCOC(=O)C1=C(S[C@H]2C[C@@H](c3ccc(CN(C)C(=O)OCC=C)cc3)N(C(=O)OCC=C)C2)CCN1C(=O)OC(C)(C)C. The maximum atomic E-state index is 13.1. The quantitative estimate of drug-likeness (QED) is 0.150. The Morgan fingerprint density at radius 1 is 0.956 bits per heavy atom. The van der Waals surface area contributed by atoms with Crippen LogP contribution < -0.4 is 0 Å². The van der Waals surface area contributed by atoms with Crippen molar-refractivity contribution >= 4 is 36.0 Å². The number of carbonyl (C=O) groups excluding carboxylic acids is 4. The highest BCUT2D eigenvalue weighted by molar-refractivity contribution is 8.03. The van der Waals surface area contributed by atoms with Crippen molar-refractivity contribution in [3.05, 3.63) is 84.0 Å². The largest absolute Gasteiger partial charge is 0.457 e. The summed E-state index contributed by atoms with van der Waals surface area (Å²) in [5.74, 6) is -0.633. The van der Waals surface area contributed by atoms with Crippen LogP contribution in [0.4, 0.5) is 14.4 Å². The van der Waals surface area contributed by atoms with Crippen LogP contribution >= 0.6 is 11.8 Å². The van der Waals surface area contributed by atoms with Crippen molar-refractivity contribution in [1.29, 1.82) is 0 Å². The molecule has 45 heavy (non-hydrogen) atoms. The van der Waals surface area contributed by atoms with E-state index in [-0.39, 0.29) is 43.4 Å². The van der Waals surface area contributed by atoms with Gasteiger partial charge in [0, 0.05) is 36.8 Å². The molecule has 2 atom stereocenters. The Kier molecular flexibility index (Phi) is 12.7. The average Bonchev–Trinajstić information content (AvgIpc) is 3.61. The number of nitrogens with zero attached hydrogens (tertiary/aromatic N) is 3. The number of thioether (sulfide) groups is 1. The second-order valence-electron chi connectivity index (χ2n) is 11.5. The summed E-state index contributed by atoms with van der Waals surface area (Å²) >= 11 is 1.46. The standard InChI is InChI=1S/C33H43N3O8S/c1-8-17-41-29(37)28-27(15-16-35(28)32(40)44-33(4,5)6)45-25-20-26(36(22-25)31(39)43-19-10-3)24-13-11-23(12-14-24)21-34(7)30(38)42-18-9-2/h8-14,25-26H,1-3,15-22H2,4-7H3/t25-,26-/m0/s1. The van der Waals surface area contributed by atoms with Crippen LogP contribution in [-0.4, -0.2) is 89.8 Å². The van der Waals surface area contributed by atoms with Crippen LogP contribution in [-0.2, 0) is 30.3 Å². The Morgan fingerprint density at radius 2 is 1.58 bits per heavy atom. The monoisotopic (exact) mass is 641 g/mol. The molecule has 1 aromatic rings. The van der Waals surface area contributed by atoms with Crippen LogP contribution in [0, 0.1) is 0 Å². The molecule has 0 N–H and O–H groups in total. The molecule has 1 saturated heterocycles. The zero-order chi connectivity index (χ0) is 33.1. The molecule has 0 aromatic heterocycles. The van der Waals surface area contributed by atoms with Crippen LogP contribution in [0.1, 0.15) is 50.8 Å². The molecular formula is C33H43N3O8S. The van der Waals surface area contributed by atoms with Gasteiger partial charge in [-0.15, -0.1) is 11.8 Å². The summed E-state index contributed by atoms with van der Waals surface area (Å²) in [5.41, 5.74) is 1.20. The van der Waals surface area contributed by atoms with E-state index in [4.69, 9.17) is 18.9 Å². The Balaban J connectivity index is 1.83. The number of hydrogen-bond donors (Lipinski definition) is 0. The van der Waals surface area contributed by atoms with Gasteiger partial charge in [0.15, 0.2) is 0 Å². The molecule has 0 saturated carbocycles. The smallest absolute Gasteiger partial charge is 0.415 e. The number of rotatable bonds is 12. The Labute approximate surface area is 269 Å². The highest BCUT2D eigenvalue weighted by Gasteiger charge is 2.41. The highest BCUT2D eigenvalue weighted by Crippen LogP contribution is 2.44. The minimum Gasteiger partial charge on any atom is -0.457 e. The van der Waals surface area contributed by atoms with Crippen molar-refractivity contribution < 1.29 is 38.1 Å². The molecule has 0 radical (unpaired) electrons. The summed E-state index contributed by atoms with van der Waals surface area (Å²) in [7, 11) is 1.65. The number of benzene rings is 1. The van der Waals surface area contributed by atoms with Gasteiger partial charge in [-0.3, -0.25) is 4.90 Å². The average molecular weight is 642 g/mol.